The Labute approximate surface area is 106 Å². The summed E-state index contributed by atoms with van der Waals surface area (Å²) in [7, 11) is 0. The molecule has 2 rings (SSSR count). The molecule has 2 aliphatic rings. The summed E-state index contributed by atoms with van der Waals surface area (Å²) in [4.78, 5) is 0. The van der Waals surface area contributed by atoms with Crippen LogP contribution in [-0.2, 0) is 0 Å². The molecule has 17 heavy (non-hydrogen) atoms. The van der Waals surface area contributed by atoms with Gasteiger partial charge < -0.3 is 5.11 Å². The predicted octanol–water partition coefficient (Wildman–Crippen LogP) is 4.02. The highest BCUT2D eigenvalue weighted by Crippen LogP contribution is 2.53. The van der Waals surface area contributed by atoms with Crippen LogP contribution in [0.25, 0.3) is 0 Å². The minimum absolute atomic E-state index is 0.174. The number of allylic oxidation sites excluding steroid dienone is 2. The van der Waals surface area contributed by atoms with Crippen LogP contribution in [0.2, 0.25) is 0 Å². The average Bonchev–Trinajstić information content (AvgIpc) is 2.28. The van der Waals surface area contributed by atoms with Crippen molar-refractivity contribution in [1.82, 2.24) is 0 Å². The number of aliphatic hydroxyl groups excluding tert-OH is 1. The molecule has 0 heterocycles. The third-order valence-electron chi connectivity index (χ3n) is 5.45. The molecule has 0 spiro atoms. The molecule has 1 heteroatoms. The van der Waals surface area contributed by atoms with E-state index in [1.165, 1.54) is 25.7 Å². The van der Waals surface area contributed by atoms with E-state index in [4.69, 9.17) is 0 Å². The predicted molar refractivity (Wildman–Crippen MR) is 72.7 cm³/mol. The van der Waals surface area contributed by atoms with Crippen molar-refractivity contribution in [2.75, 3.05) is 6.61 Å². The first-order valence-corrected chi connectivity index (χ1v) is 7.26. The second-order valence-corrected chi connectivity index (χ2v) is 6.99. The van der Waals surface area contributed by atoms with Gasteiger partial charge in [-0.25, -0.2) is 0 Å². The molecule has 0 amide bonds. The van der Waals surface area contributed by atoms with E-state index >= 15 is 0 Å². The average molecular weight is 236 g/mol. The van der Waals surface area contributed by atoms with E-state index in [1.807, 2.05) is 0 Å². The fourth-order valence-electron chi connectivity index (χ4n) is 4.19. The lowest BCUT2D eigenvalue weighted by atomic mass is 9.54. The molecule has 0 aromatic carbocycles. The van der Waals surface area contributed by atoms with E-state index in [2.05, 4.69) is 33.8 Å². The van der Waals surface area contributed by atoms with Crippen molar-refractivity contribution in [3.05, 3.63) is 11.6 Å². The largest absolute Gasteiger partial charge is 0.396 e. The Morgan fingerprint density at radius 3 is 2.71 bits per heavy atom. The SMILES string of the molecule is CC1=C[C@@H]2[C@H](C(C)C)CC[C@@](C)(CO)[C@H]2CC1. The maximum Gasteiger partial charge on any atom is 0.0487 e. The zero-order chi connectivity index (χ0) is 12.6. The first-order chi connectivity index (χ1) is 7.98. The van der Waals surface area contributed by atoms with Crippen LogP contribution in [-0.4, -0.2) is 11.7 Å². The quantitative estimate of drug-likeness (QED) is 0.718. The highest BCUT2D eigenvalue weighted by atomic mass is 16.3. The van der Waals surface area contributed by atoms with Crippen LogP contribution in [0.4, 0.5) is 0 Å². The first-order valence-electron chi connectivity index (χ1n) is 7.26. The molecule has 0 aromatic rings. The van der Waals surface area contributed by atoms with Gasteiger partial charge in [0.1, 0.15) is 0 Å². The van der Waals surface area contributed by atoms with Crippen LogP contribution in [0, 0.1) is 29.1 Å². The third kappa shape index (κ3) is 2.31. The highest BCUT2D eigenvalue weighted by molar-refractivity contribution is 5.13. The van der Waals surface area contributed by atoms with Gasteiger partial charge in [0.2, 0.25) is 0 Å². The zero-order valence-electron chi connectivity index (χ0n) is 11.9. The second-order valence-electron chi connectivity index (χ2n) is 6.99. The standard InChI is InChI=1S/C16H28O/c1-11(2)13-7-8-16(4,10-17)15-6-5-12(3)9-14(13)15/h9,11,13-15,17H,5-8,10H2,1-4H3/t13-,14+,15-,16-/m0/s1. The van der Waals surface area contributed by atoms with Crippen LogP contribution in [0.1, 0.15) is 53.4 Å². The van der Waals surface area contributed by atoms with Crippen LogP contribution in [0.5, 0.6) is 0 Å². The van der Waals surface area contributed by atoms with Crippen molar-refractivity contribution in [1.29, 1.82) is 0 Å². The van der Waals surface area contributed by atoms with Gasteiger partial charge in [-0.1, -0.05) is 32.4 Å². The van der Waals surface area contributed by atoms with Gasteiger partial charge in [-0.2, -0.15) is 0 Å². The van der Waals surface area contributed by atoms with Crippen LogP contribution < -0.4 is 0 Å². The maximum absolute atomic E-state index is 9.76. The van der Waals surface area contributed by atoms with Crippen LogP contribution in [0.3, 0.4) is 0 Å². The summed E-state index contributed by atoms with van der Waals surface area (Å²) < 4.78 is 0. The fourth-order valence-corrected chi connectivity index (χ4v) is 4.19. The molecule has 0 aliphatic heterocycles. The topological polar surface area (TPSA) is 20.2 Å². The van der Waals surface area contributed by atoms with Gasteiger partial charge in [-0.05, 0) is 61.7 Å². The normalized spacial score (nSPS) is 42.2. The molecule has 98 valence electrons. The van der Waals surface area contributed by atoms with E-state index in [-0.39, 0.29) is 5.41 Å². The zero-order valence-corrected chi connectivity index (χ0v) is 11.9. The van der Waals surface area contributed by atoms with Crippen molar-refractivity contribution in [2.45, 2.75) is 53.4 Å². The molecular weight excluding hydrogens is 208 g/mol. The molecule has 1 saturated carbocycles. The summed E-state index contributed by atoms with van der Waals surface area (Å²) in [6.07, 6.45) is 7.56. The minimum atomic E-state index is 0.174. The summed E-state index contributed by atoms with van der Waals surface area (Å²) in [6, 6.07) is 0. The Morgan fingerprint density at radius 1 is 1.41 bits per heavy atom. The molecule has 1 N–H and O–H groups in total. The van der Waals surface area contributed by atoms with Crippen molar-refractivity contribution < 1.29 is 5.11 Å². The number of hydrogen-bond acceptors (Lipinski definition) is 1. The van der Waals surface area contributed by atoms with Gasteiger partial charge in [0.15, 0.2) is 0 Å². The van der Waals surface area contributed by atoms with E-state index < -0.39 is 0 Å². The molecule has 1 nitrogen and oxygen atoms in total. The summed E-state index contributed by atoms with van der Waals surface area (Å²) in [5, 5.41) is 9.76. The Kier molecular flexibility index (Phi) is 3.68. The molecule has 0 bridgehead atoms. The van der Waals surface area contributed by atoms with Crippen LogP contribution in [0.15, 0.2) is 11.6 Å². The molecule has 0 radical (unpaired) electrons. The highest BCUT2D eigenvalue weighted by Gasteiger charge is 2.46. The minimum Gasteiger partial charge on any atom is -0.396 e. The van der Waals surface area contributed by atoms with E-state index in [0.29, 0.717) is 12.5 Å². The number of hydrogen-bond donors (Lipinski definition) is 1. The van der Waals surface area contributed by atoms with Crippen molar-refractivity contribution >= 4 is 0 Å². The summed E-state index contributed by atoms with van der Waals surface area (Å²) >= 11 is 0. The molecular formula is C16H28O. The van der Waals surface area contributed by atoms with Gasteiger partial charge in [0.05, 0.1) is 0 Å². The van der Waals surface area contributed by atoms with Crippen molar-refractivity contribution in [3.63, 3.8) is 0 Å². The van der Waals surface area contributed by atoms with E-state index in [1.54, 1.807) is 5.57 Å². The Morgan fingerprint density at radius 2 is 2.12 bits per heavy atom. The third-order valence-corrected chi connectivity index (χ3v) is 5.45. The fraction of sp³-hybridized carbons (Fsp3) is 0.875. The molecule has 4 atom stereocenters. The Bertz CT molecular complexity index is 305. The lowest BCUT2D eigenvalue weighted by molar-refractivity contribution is -0.0275. The Hall–Kier alpha value is -0.300. The summed E-state index contributed by atoms with van der Waals surface area (Å²) in [5.74, 6) is 3.02. The Balaban J connectivity index is 2.29. The smallest absolute Gasteiger partial charge is 0.0487 e. The lowest BCUT2D eigenvalue weighted by Gasteiger charge is -2.51. The van der Waals surface area contributed by atoms with Crippen molar-refractivity contribution in [2.24, 2.45) is 29.1 Å². The lowest BCUT2D eigenvalue weighted by Crippen LogP contribution is -2.45. The second kappa shape index (κ2) is 4.76. The van der Waals surface area contributed by atoms with E-state index in [9.17, 15) is 5.11 Å². The molecule has 0 saturated heterocycles. The summed E-state index contributed by atoms with van der Waals surface area (Å²) in [6.45, 7) is 9.67. The van der Waals surface area contributed by atoms with Crippen molar-refractivity contribution in [3.8, 4) is 0 Å². The molecule has 0 unspecified atom stereocenters. The van der Waals surface area contributed by atoms with Gasteiger partial charge >= 0.3 is 0 Å². The number of fused-ring (bicyclic) bond motifs is 1. The van der Waals surface area contributed by atoms with Gasteiger partial charge in [0, 0.05) is 6.61 Å². The monoisotopic (exact) mass is 236 g/mol. The van der Waals surface area contributed by atoms with E-state index in [0.717, 1.165) is 17.8 Å². The van der Waals surface area contributed by atoms with Crippen LogP contribution >= 0.6 is 0 Å². The van der Waals surface area contributed by atoms with Gasteiger partial charge in [-0.15, -0.1) is 0 Å². The first kappa shape index (κ1) is 13.1. The maximum atomic E-state index is 9.76. The van der Waals surface area contributed by atoms with Gasteiger partial charge in [0.25, 0.3) is 0 Å². The summed E-state index contributed by atoms with van der Waals surface area (Å²) in [5.41, 5.74) is 1.74. The molecule has 2 aliphatic carbocycles. The van der Waals surface area contributed by atoms with Gasteiger partial charge in [-0.3, -0.25) is 0 Å². The molecule has 1 fully saturated rings. The molecule has 0 aromatic heterocycles. The number of rotatable bonds is 2. The number of aliphatic hydroxyl groups is 1.